The number of alkyl halides is 1. The van der Waals surface area contributed by atoms with Crippen LogP contribution in [0.1, 0.15) is 45.9 Å². The third-order valence-electron chi connectivity index (χ3n) is 5.72. The van der Waals surface area contributed by atoms with Gasteiger partial charge in [0.25, 0.3) is 5.91 Å². The summed E-state index contributed by atoms with van der Waals surface area (Å²) in [5.41, 5.74) is 15.2. The average molecular weight is 413 g/mol. The minimum absolute atomic E-state index is 0.167. The molecule has 2 atom stereocenters. The van der Waals surface area contributed by atoms with E-state index in [1.807, 2.05) is 6.07 Å². The smallest absolute Gasteiger partial charge is 0.254 e. The summed E-state index contributed by atoms with van der Waals surface area (Å²) in [5.74, 6) is -0.105. The van der Waals surface area contributed by atoms with Crippen LogP contribution in [-0.2, 0) is 24.7 Å². The first kappa shape index (κ1) is 21.5. The fraction of sp³-hybridized carbons (Fsp3) is 0.409. The van der Waals surface area contributed by atoms with Gasteiger partial charge in [-0.15, -0.1) is 0 Å². The Bertz CT molecular complexity index is 955. The summed E-state index contributed by atoms with van der Waals surface area (Å²) in [7, 11) is 1.74. The fourth-order valence-electron chi connectivity index (χ4n) is 4.07. The van der Waals surface area contributed by atoms with Crippen LogP contribution in [0.25, 0.3) is 0 Å². The van der Waals surface area contributed by atoms with Crippen LogP contribution in [0.3, 0.4) is 0 Å². The number of benzene rings is 1. The molecule has 8 heteroatoms. The largest absolute Gasteiger partial charge is 0.383 e. The molecule has 0 radical (unpaired) electrons. The third kappa shape index (κ3) is 4.53. The van der Waals surface area contributed by atoms with Crippen LogP contribution in [0.15, 0.2) is 36.9 Å². The third-order valence-corrected chi connectivity index (χ3v) is 5.72. The van der Waals surface area contributed by atoms with Crippen molar-refractivity contribution in [3.05, 3.63) is 59.3 Å². The lowest BCUT2D eigenvalue weighted by Gasteiger charge is -2.23. The number of hydrogen-bond donors (Lipinski definition) is 2. The number of halogens is 1. The number of hydrogen-bond acceptors (Lipinski definition) is 4. The van der Waals surface area contributed by atoms with Crippen molar-refractivity contribution in [3.63, 3.8) is 0 Å². The summed E-state index contributed by atoms with van der Waals surface area (Å²) < 4.78 is 14.0. The molecule has 1 fully saturated rings. The van der Waals surface area contributed by atoms with Crippen molar-refractivity contribution >= 4 is 17.6 Å². The molecule has 4 N–H and O–H groups in total. The number of nitrogens with zero attached hydrogens (tertiary/aromatic N) is 3. The van der Waals surface area contributed by atoms with Crippen LogP contribution < -0.4 is 11.5 Å². The molecule has 0 saturated carbocycles. The van der Waals surface area contributed by atoms with Crippen LogP contribution in [0.4, 0.5) is 10.2 Å². The van der Waals surface area contributed by atoms with Gasteiger partial charge in [0.15, 0.2) is 0 Å². The van der Waals surface area contributed by atoms with Crippen LogP contribution >= 0.6 is 0 Å². The van der Waals surface area contributed by atoms with Gasteiger partial charge in [0.2, 0.25) is 5.91 Å². The van der Waals surface area contributed by atoms with Gasteiger partial charge in [0, 0.05) is 19.5 Å². The highest BCUT2D eigenvalue weighted by Crippen LogP contribution is 2.34. The monoisotopic (exact) mass is 413 g/mol. The molecule has 2 aromatic rings. The topological polar surface area (TPSA) is 107 Å². The highest BCUT2D eigenvalue weighted by molar-refractivity contribution is 5.98. The molecular weight excluding hydrogens is 385 g/mol. The number of nitrogen functional groups attached to an aromatic ring is 1. The number of nitrogens with two attached hydrogens (primary N) is 2. The molecule has 1 saturated heterocycles. The molecule has 2 unspecified atom stereocenters. The van der Waals surface area contributed by atoms with Crippen molar-refractivity contribution in [3.8, 4) is 0 Å². The highest BCUT2D eigenvalue weighted by Gasteiger charge is 2.28. The van der Waals surface area contributed by atoms with Crippen molar-refractivity contribution in [1.29, 1.82) is 0 Å². The van der Waals surface area contributed by atoms with Gasteiger partial charge in [-0.05, 0) is 42.9 Å². The van der Waals surface area contributed by atoms with Crippen LogP contribution in [-0.4, -0.2) is 45.8 Å². The summed E-state index contributed by atoms with van der Waals surface area (Å²) in [4.78, 5) is 23.9. The number of likely N-dealkylation sites (tertiary alicyclic amines) is 1. The van der Waals surface area contributed by atoms with E-state index in [2.05, 4.69) is 29.9 Å². The van der Waals surface area contributed by atoms with E-state index < -0.39 is 12.1 Å². The van der Waals surface area contributed by atoms with E-state index in [0.29, 0.717) is 24.3 Å². The zero-order valence-corrected chi connectivity index (χ0v) is 17.2. The Balaban J connectivity index is 0.000000216. The number of carbonyl (C=O) groups excluding carboxylic acids is 2. The summed E-state index contributed by atoms with van der Waals surface area (Å²) in [6.07, 6.45) is 3.71. The summed E-state index contributed by atoms with van der Waals surface area (Å²) in [6, 6.07) is 8.40. The van der Waals surface area contributed by atoms with E-state index in [9.17, 15) is 14.0 Å². The second-order valence-corrected chi connectivity index (χ2v) is 7.72. The van der Waals surface area contributed by atoms with Crippen molar-refractivity contribution in [1.82, 2.24) is 14.7 Å². The summed E-state index contributed by atoms with van der Waals surface area (Å²) in [6.45, 7) is 4.09. The van der Waals surface area contributed by atoms with Crippen molar-refractivity contribution in [2.75, 3.05) is 18.8 Å². The van der Waals surface area contributed by atoms with Gasteiger partial charge in [-0.3, -0.25) is 14.3 Å². The number of aryl methyl sites for hydroxylation is 2. The Morgan fingerprint density at radius 1 is 1.27 bits per heavy atom. The lowest BCUT2D eigenvalue weighted by Crippen LogP contribution is -2.26. The Morgan fingerprint density at radius 3 is 2.57 bits per heavy atom. The first-order chi connectivity index (χ1) is 14.3. The molecule has 30 heavy (non-hydrogen) atoms. The number of rotatable bonds is 3. The quantitative estimate of drug-likeness (QED) is 0.752. The predicted octanol–water partition coefficient (Wildman–Crippen LogP) is 2.12. The lowest BCUT2D eigenvalue weighted by molar-refractivity contribution is -0.125. The standard InChI is InChI=1S/C15H18N4O.C7H10FNO/c1-19-14(16)12(15(17)20)13(18-19)11-7-6-9-4-2-3-5-10(9)8-11;1-2-7(10)9-4-3-6(8)5-9/h2-5,11H,6-8,16H2,1H3,(H2,17,20);2,6H,1,3-5H2. The van der Waals surface area contributed by atoms with Crippen LogP contribution in [0.5, 0.6) is 0 Å². The molecule has 2 amide bonds. The molecular formula is C22H28FN5O2. The van der Waals surface area contributed by atoms with E-state index in [1.54, 1.807) is 7.05 Å². The van der Waals surface area contributed by atoms with Crippen LogP contribution in [0.2, 0.25) is 0 Å². The Hall–Kier alpha value is -3.16. The van der Waals surface area contributed by atoms with Crippen molar-refractivity contribution in [2.24, 2.45) is 12.8 Å². The van der Waals surface area contributed by atoms with E-state index in [1.165, 1.54) is 26.8 Å². The van der Waals surface area contributed by atoms with Crippen molar-refractivity contribution in [2.45, 2.75) is 37.8 Å². The van der Waals surface area contributed by atoms with E-state index in [-0.39, 0.29) is 18.4 Å². The number of aromatic nitrogens is 2. The summed E-state index contributed by atoms with van der Waals surface area (Å²) >= 11 is 0. The Morgan fingerprint density at radius 2 is 1.97 bits per heavy atom. The van der Waals surface area contributed by atoms with E-state index >= 15 is 0 Å². The molecule has 2 heterocycles. The van der Waals surface area contributed by atoms with Gasteiger partial charge in [-0.25, -0.2) is 4.39 Å². The molecule has 4 rings (SSSR count). The summed E-state index contributed by atoms with van der Waals surface area (Å²) in [5, 5.41) is 4.42. The molecule has 1 aromatic heterocycles. The average Bonchev–Trinajstić information content (AvgIpc) is 3.31. The van der Waals surface area contributed by atoms with Gasteiger partial charge in [-0.1, -0.05) is 30.8 Å². The normalized spacial score (nSPS) is 20.1. The number of anilines is 1. The minimum Gasteiger partial charge on any atom is -0.383 e. The Labute approximate surface area is 175 Å². The van der Waals surface area contributed by atoms with Crippen LogP contribution in [0, 0.1) is 0 Å². The number of amides is 2. The first-order valence-corrected chi connectivity index (χ1v) is 10.1. The number of fused-ring (bicyclic) bond motifs is 1. The predicted molar refractivity (Wildman–Crippen MR) is 114 cm³/mol. The lowest BCUT2D eigenvalue weighted by atomic mass is 9.81. The van der Waals surface area contributed by atoms with E-state index in [0.717, 1.165) is 25.0 Å². The molecule has 160 valence electrons. The molecule has 2 aliphatic rings. The highest BCUT2D eigenvalue weighted by atomic mass is 19.1. The number of carbonyl (C=O) groups is 2. The first-order valence-electron chi connectivity index (χ1n) is 10.1. The Kier molecular flexibility index (Phi) is 6.54. The number of primary amides is 1. The van der Waals surface area contributed by atoms with Crippen molar-refractivity contribution < 1.29 is 14.0 Å². The van der Waals surface area contributed by atoms with Gasteiger partial charge in [-0.2, -0.15) is 5.10 Å². The second-order valence-electron chi connectivity index (χ2n) is 7.72. The van der Waals surface area contributed by atoms with Gasteiger partial charge in [0.05, 0.1) is 12.2 Å². The SMILES string of the molecule is C=CC(=O)N1CCC(F)C1.Cn1nc(C2CCc3ccccc3C2)c(C(N)=O)c1N. The maximum absolute atomic E-state index is 12.4. The minimum atomic E-state index is -0.830. The molecule has 0 spiro atoms. The zero-order chi connectivity index (χ0) is 21.8. The molecule has 7 nitrogen and oxygen atoms in total. The zero-order valence-electron chi connectivity index (χ0n) is 17.2. The second kappa shape index (κ2) is 9.11. The molecule has 1 aliphatic heterocycles. The fourth-order valence-corrected chi connectivity index (χ4v) is 4.07. The molecule has 0 bridgehead atoms. The maximum Gasteiger partial charge on any atom is 0.254 e. The van der Waals surface area contributed by atoms with Gasteiger partial charge in [0.1, 0.15) is 17.6 Å². The van der Waals surface area contributed by atoms with Gasteiger partial charge < -0.3 is 16.4 Å². The van der Waals surface area contributed by atoms with Gasteiger partial charge >= 0.3 is 0 Å². The maximum atomic E-state index is 12.4. The molecule has 1 aromatic carbocycles. The molecule has 1 aliphatic carbocycles. The van der Waals surface area contributed by atoms with E-state index in [4.69, 9.17) is 11.5 Å².